The molecule has 4 heteroatoms. The molecule has 0 saturated carbocycles. The minimum Gasteiger partial charge on any atom is -0.320 e. The Balaban J connectivity index is 2.37. The Bertz CT molecular complexity index is 305. The van der Waals surface area contributed by atoms with Crippen molar-refractivity contribution < 1.29 is 0 Å². The van der Waals surface area contributed by atoms with Crippen LogP contribution in [0.15, 0.2) is 19.0 Å². The SMILES string of the molecule is C=CCC(C)C(C)NCc1nncn1C. The van der Waals surface area contributed by atoms with Gasteiger partial charge in [-0.05, 0) is 19.3 Å². The summed E-state index contributed by atoms with van der Waals surface area (Å²) in [4.78, 5) is 0. The molecule has 1 heterocycles. The van der Waals surface area contributed by atoms with Gasteiger partial charge in [-0.15, -0.1) is 16.8 Å². The van der Waals surface area contributed by atoms with E-state index in [9.17, 15) is 0 Å². The first kappa shape index (κ1) is 11.9. The lowest BCUT2D eigenvalue weighted by molar-refractivity contribution is 0.396. The van der Waals surface area contributed by atoms with Crippen LogP contribution in [0, 0.1) is 5.92 Å². The van der Waals surface area contributed by atoms with Crippen LogP contribution in [-0.2, 0) is 13.6 Å². The quantitative estimate of drug-likeness (QED) is 0.720. The number of allylic oxidation sites excluding steroid dienone is 1. The fourth-order valence-electron chi connectivity index (χ4n) is 1.39. The topological polar surface area (TPSA) is 42.7 Å². The van der Waals surface area contributed by atoms with E-state index in [1.165, 1.54) is 0 Å². The highest BCUT2D eigenvalue weighted by Crippen LogP contribution is 2.08. The Morgan fingerprint density at radius 2 is 2.33 bits per heavy atom. The van der Waals surface area contributed by atoms with Gasteiger partial charge in [0.2, 0.25) is 0 Å². The van der Waals surface area contributed by atoms with E-state index < -0.39 is 0 Å². The van der Waals surface area contributed by atoms with E-state index in [0.717, 1.165) is 18.8 Å². The van der Waals surface area contributed by atoms with E-state index >= 15 is 0 Å². The molecule has 15 heavy (non-hydrogen) atoms. The number of hydrogen-bond acceptors (Lipinski definition) is 3. The van der Waals surface area contributed by atoms with Crippen LogP contribution in [-0.4, -0.2) is 20.8 Å². The Hall–Kier alpha value is -1.16. The van der Waals surface area contributed by atoms with Gasteiger partial charge in [-0.1, -0.05) is 13.0 Å². The summed E-state index contributed by atoms with van der Waals surface area (Å²) in [7, 11) is 1.95. The van der Waals surface area contributed by atoms with Crippen molar-refractivity contribution in [2.24, 2.45) is 13.0 Å². The zero-order chi connectivity index (χ0) is 11.3. The highest BCUT2D eigenvalue weighted by atomic mass is 15.3. The van der Waals surface area contributed by atoms with Gasteiger partial charge in [0.1, 0.15) is 12.2 Å². The zero-order valence-corrected chi connectivity index (χ0v) is 9.77. The van der Waals surface area contributed by atoms with Crippen molar-refractivity contribution in [3.05, 3.63) is 24.8 Å². The van der Waals surface area contributed by atoms with Crippen LogP contribution in [0.1, 0.15) is 26.1 Å². The normalized spacial score (nSPS) is 14.9. The first-order valence-electron chi connectivity index (χ1n) is 5.32. The molecular weight excluding hydrogens is 188 g/mol. The van der Waals surface area contributed by atoms with Crippen molar-refractivity contribution in [1.82, 2.24) is 20.1 Å². The third kappa shape index (κ3) is 3.47. The smallest absolute Gasteiger partial charge is 0.146 e. The van der Waals surface area contributed by atoms with Crippen molar-refractivity contribution in [2.75, 3.05) is 0 Å². The maximum Gasteiger partial charge on any atom is 0.146 e. The molecular formula is C11H20N4. The molecule has 0 amide bonds. The Morgan fingerprint density at radius 3 is 2.87 bits per heavy atom. The van der Waals surface area contributed by atoms with Gasteiger partial charge < -0.3 is 9.88 Å². The fourth-order valence-corrected chi connectivity index (χ4v) is 1.39. The lowest BCUT2D eigenvalue weighted by Crippen LogP contribution is -2.32. The Kier molecular flexibility index (Phi) is 4.49. The largest absolute Gasteiger partial charge is 0.320 e. The lowest BCUT2D eigenvalue weighted by atomic mass is 10.00. The van der Waals surface area contributed by atoms with Gasteiger partial charge in [-0.3, -0.25) is 0 Å². The summed E-state index contributed by atoms with van der Waals surface area (Å²) in [5, 5.41) is 11.3. The third-order valence-corrected chi connectivity index (χ3v) is 2.78. The number of rotatable bonds is 6. The van der Waals surface area contributed by atoms with Crippen LogP contribution < -0.4 is 5.32 Å². The number of aryl methyl sites for hydroxylation is 1. The summed E-state index contributed by atoms with van der Waals surface area (Å²) in [5.74, 6) is 1.56. The molecule has 2 unspecified atom stereocenters. The second-order valence-electron chi connectivity index (χ2n) is 4.03. The van der Waals surface area contributed by atoms with E-state index in [2.05, 4.69) is 35.9 Å². The van der Waals surface area contributed by atoms with Crippen LogP contribution in [0.4, 0.5) is 0 Å². The lowest BCUT2D eigenvalue weighted by Gasteiger charge is -2.19. The molecule has 1 aromatic rings. The molecule has 0 bridgehead atoms. The summed E-state index contributed by atoms with van der Waals surface area (Å²) in [6.07, 6.45) is 4.72. The number of hydrogen-bond donors (Lipinski definition) is 1. The molecule has 0 fully saturated rings. The first-order valence-corrected chi connectivity index (χ1v) is 5.32. The van der Waals surface area contributed by atoms with Crippen LogP contribution in [0.5, 0.6) is 0 Å². The van der Waals surface area contributed by atoms with Gasteiger partial charge in [0.25, 0.3) is 0 Å². The van der Waals surface area contributed by atoms with Crippen molar-refractivity contribution in [3.63, 3.8) is 0 Å². The summed E-state index contributed by atoms with van der Waals surface area (Å²) in [5.41, 5.74) is 0. The van der Waals surface area contributed by atoms with Crippen molar-refractivity contribution >= 4 is 0 Å². The highest BCUT2D eigenvalue weighted by molar-refractivity contribution is 4.85. The van der Waals surface area contributed by atoms with Gasteiger partial charge in [0.05, 0.1) is 6.54 Å². The maximum atomic E-state index is 4.02. The van der Waals surface area contributed by atoms with Crippen LogP contribution in [0.3, 0.4) is 0 Å². The fraction of sp³-hybridized carbons (Fsp3) is 0.636. The molecule has 0 aliphatic heterocycles. The molecule has 0 aliphatic rings. The summed E-state index contributed by atoms with van der Waals surface area (Å²) < 4.78 is 1.93. The van der Waals surface area contributed by atoms with Gasteiger partial charge in [-0.2, -0.15) is 0 Å². The summed E-state index contributed by atoms with van der Waals surface area (Å²) in [6, 6.07) is 0.458. The molecule has 0 aromatic carbocycles. The molecule has 4 nitrogen and oxygen atoms in total. The average Bonchev–Trinajstić information content (AvgIpc) is 2.61. The molecule has 0 saturated heterocycles. The third-order valence-electron chi connectivity index (χ3n) is 2.78. The molecule has 1 rings (SSSR count). The van der Waals surface area contributed by atoms with Gasteiger partial charge in [-0.25, -0.2) is 0 Å². The highest BCUT2D eigenvalue weighted by Gasteiger charge is 2.10. The second-order valence-corrected chi connectivity index (χ2v) is 4.03. The van der Waals surface area contributed by atoms with Gasteiger partial charge in [0.15, 0.2) is 0 Å². The van der Waals surface area contributed by atoms with Gasteiger partial charge >= 0.3 is 0 Å². The van der Waals surface area contributed by atoms with E-state index in [4.69, 9.17) is 0 Å². The second kappa shape index (κ2) is 5.66. The van der Waals surface area contributed by atoms with E-state index in [-0.39, 0.29) is 0 Å². The monoisotopic (exact) mass is 208 g/mol. The van der Waals surface area contributed by atoms with E-state index in [1.807, 2.05) is 17.7 Å². The van der Waals surface area contributed by atoms with E-state index in [1.54, 1.807) is 6.33 Å². The molecule has 0 aliphatic carbocycles. The van der Waals surface area contributed by atoms with Gasteiger partial charge in [0, 0.05) is 13.1 Å². The number of nitrogens with one attached hydrogen (secondary N) is 1. The summed E-state index contributed by atoms with van der Waals surface area (Å²) >= 11 is 0. The standard InChI is InChI=1S/C11H20N4/c1-5-6-9(2)10(3)12-7-11-14-13-8-15(11)4/h5,8-10,12H,1,6-7H2,2-4H3. The molecule has 1 N–H and O–H groups in total. The molecule has 1 aromatic heterocycles. The molecule has 84 valence electrons. The maximum absolute atomic E-state index is 4.02. The van der Waals surface area contributed by atoms with Crippen LogP contribution in [0.2, 0.25) is 0 Å². The molecule has 0 radical (unpaired) electrons. The Morgan fingerprint density at radius 1 is 1.60 bits per heavy atom. The number of aromatic nitrogens is 3. The first-order chi connectivity index (χ1) is 7.15. The van der Waals surface area contributed by atoms with Crippen molar-refractivity contribution in [1.29, 1.82) is 0 Å². The predicted molar refractivity (Wildman–Crippen MR) is 61.3 cm³/mol. The van der Waals surface area contributed by atoms with Crippen molar-refractivity contribution in [3.8, 4) is 0 Å². The van der Waals surface area contributed by atoms with Crippen LogP contribution in [0.25, 0.3) is 0 Å². The summed E-state index contributed by atoms with van der Waals surface area (Å²) in [6.45, 7) is 8.92. The molecule has 0 spiro atoms. The average molecular weight is 208 g/mol. The Labute approximate surface area is 91.4 Å². The van der Waals surface area contributed by atoms with E-state index in [0.29, 0.717) is 12.0 Å². The molecule has 2 atom stereocenters. The minimum atomic E-state index is 0.458. The van der Waals surface area contributed by atoms with Crippen LogP contribution >= 0.6 is 0 Å². The van der Waals surface area contributed by atoms with Crippen molar-refractivity contribution in [2.45, 2.75) is 32.9 Å². The predicted octanol–water partition coefficient (Wildman–Crippen LogP) is 1.51. The zero-order valence-electron chi connectivity index (χ0n) is 9.77. The minimum absolute atomic E-state index is 0.458. The number of nitrogens with zero attached hydrogens (tertiary/aromatic N) is 3.